The summed E-state index contributed by atoms with van der Waals surface area (Å²) in [7, 11) is 0. The van der Waals surface area contributed by atoms with Gasteiger partial charge in [-0.1, -0.05) is 0 Å². The Morgan fingerprint density at radius 2 is 2.00 bits per heavy atom. The molecule has 2 aromatic rings. The van der Waals surface area contributed by atoms with Crippen LogP contribution in [0.4, 0.5) is 15.4 Å². The molecule has 106 valence electrons. The van der Waals surface area contributed by atoms with E-state index < -0.39 is 17.8 Å². The minimum absolute atomic E-state index is 0.130. The summed E-state index contributed by atoms with van der Waals surface area (Å²) in [4.78, 5) is 38.0. The van der Waals surface area contributed by atoms with Crippen molar-refractivity contribution < 1.29 is 19.4 Å². The summed E-state index contributed by atoms with van der Waals surface area (Å²) < 4.78 is 5.05. The lowest BCUT2D eigenvalue weighted by Crippen LogP contribution is -2.40. The number of imidazole rings is 1. The lowest BCUT2D eigenvalue weighted by Gasteiger charge is -2.23. The molecule has 0 aliphatic rings. The van der Waals surface area contributed by atoms with Gasteiger partial charge in [-0.15, -0.1) is 0 Å². The monoisotopic (exact) mass is 279 g/mol. The van der Waals surface area contributed by atoms with Crippen molar-refractivity contribution in [1.29, 1.82) is 0 Å². The quantitative estimate of drug-likeness (QED) is 0.815. The van der Waals surface area contributed by atoms with Gasteiger partial charge in [-0.3, -0.25) is 0 Å². The molecule has 0 spiro atoms. The Hall–Kier alpha value is -2.71. The molecule has 20 heavy (non-hydrogen) atoms. The van der Waals surface area contributed by atoms with Crippen molar-refractivity contribution in [3.63, 3.8) is 0 Å². The molecular weight excluding hydrogens is 266 g/mol. The third-order valence-corrected chi connectivity index (χ3v) is 2.18. The zero-order valence-corrected chi connectivity index (χ0v) is 11.1. The summed E-state index contributed by atoms with van der Waals surface area (Å²) in [6.45, 7) is 4.91. The number of aromatic nitrogens is 4. The van der Waals surface area contributed by atoms with Crippen LogP contribution in [0.3, 0.4) is 0 Å². The maximum absolute atomic E-state index is 12.0. The summed E-state index contributed by atoms with van der Waals surface area (Å²) in [5.74, 6) is -0.130. The van der Waals surface area contributed by atoms with E-state index in [-0.39, 0.29) is 17.0 Å². The molecule has 0 radical (unpaired) electrons. The largest absolute Gasteiger partial charge is 0.464 e. The molecule has 0 aliphatic heterocycles. The van der Waals surface area contributed by atoms with Gasteiger partial charge >= 0.3 is 12.2 Å². The highest BCUT2D eigenvalue weighted by Gasteiger charge is 2.31. The third-order valence-electron chi connectivity index (χ3n) is 2.18. The van der Waals surface area contributed by atoms with Crippen LogP contribution in [0.2, 0.25) is 0 Å². The molecule has 0 atom stereocenters. The van der Waals surface area contributed by atoms with Crippen molar-refractivity contribution in [2.24, 2.45) is 0 Å². The second-order valence-corrected chi connectivity index (χ2v) is 4.90. The van der Waals surface area contributed by atoms with Crippen LogP contribution in [0.5, 0.6) is 0 Å². The van der Waals surface area contributed by atoms with Crippen LogP contribution in [0.15, 0.2) is 12.7 Å². The molecule has 0 aliphatic carbocycles. The summed E-state index contributed by atoms with van der Waals surface area (Å²) in [6.07, 6.45) is -0.0926. The maximum atomic E-state index is 12.0. The number of nitrogens with zero attached hydrogens (tertiary/aromatic N) is 4. The molecular formula is C11H13N5O4. The third kappa shape index (κ3) is 2.66. The highest BCUT2D eigenvalue weighted by molar-refractivity contribution is 6.11. The summed E-state index contributed by atoms with van der Waals surface area (Å²) in [5, 5.41) is 9.22. The van der Waals surface area contributed by atoms with E-state index in [1.54, 1.807) is 20.8 Å². The van der Waals surface area contributed by atoms with E-state index >= 15 is 0 Å². The number of anilines is 1. The van der Waals surface area contributed by atoms with Gasteiger partial charge in [-0.05, 0) is 20.8 Å². The van der Waals surface area contributed by atoms with Crippen molar-refractivity contribution in [2.75, 3.05) is 4.90 Å². The first kappa shape index (κ1) is 13.7. The Balaban J connectivity index is 2.46. The number of amides is 2. The molecule has 0 fully saturated rings. The number of hydrogen-bond acceptors (Lipinski definition) is 6. The molecule has 2 rings (SSSR count). The van der Waals surface area contributed by atoms with Gasteiger partial charge in [-0.25, -0.2) is 24.5 Å². The van der Waals surface area contributed by atoms with Crippen LogP contribution in [-0.2, 0) is 4.74 Å². The standard InChI is InChI=1S/C11H13N5O4/c1-11(2,3)20-10(19)16(9(17)18)8-6-7(13-4-12-6)14-5-15-8/h4-5H,1-3H3,(H,17,18)(H,12,13,14,15). The highest BCUT2D eigenvalue weighted by Crippen LogP contribution is 2.22. The fraction of sp³-hybridized carbons (Fsp3) is 0.364. The summed E-state index contributed by atoms with van der Waals surface area (Å²) in [5.41, 5.74) is -0.337. The predicted octanol–water partition coefficient (Wildman–Crippen LogP) is 1.77. The Labute approximate surface area is 113 Å². The van der Waals surface area contributed by atoms with E-state index in [0.29, 0.717) is 4.90 Å². The molecule has 0 unspecified atom stereocenters. The summed E-state index contributed by atoms with van der Waals surface area (Å²) >= 11 is 0. The number of hydrogen-bond donors (Lipinski definition) is 2. The lowest BCUT2D eigenvalue weighted by molar-refractivity contribution is 0.0581. The van der Waals surface area contributed by atoms with Gasteiger partial charge in [-0.2, -0.15) is 4.90 Å². The Bertz CT molecular complexity index is 660. The van der Waals surface area contributed by atoms with Gasteiger partial charge < -0.3 is 14.8 Å². The number of rotatable bonds is 1. The van der Waals surface area contributed by atoms with E-state index in [9.17, 15) is 14.7 Å². The van der Waals surface area contributed by atoms with Gasteiger partial charge in [0.2, 0.25) is 0 Å². The molecule has 9 heteroatoms. The molecule has 0 aromatic carbocycles. The Morgan fingerprint density at radius 3 is 2.60 bits per heavy atom. The number of carbonyl (C=O) groups excluding carboxylic acids is 1. The summed E-state index contributed by atoms with van der Waals surface area (Å²) in [6, 6.07) is 0. The molecule has 2 aromatic heterocycles. The second-order valence-electron chi connectivity index (χ2n) is 4.90. The van der Waals surface area contributed by atoms with Crippen LogP contribution in [0.1, 0.15) is 20.8 Å². The maximum Gasteiger partial charge on any atom is 0.425 e. The minimum atomic E-state index is -1.51. The van der Waals surface area contributed by atoms with E-state index in [4.69, 9.17) is 4.74 Å². The fourth-order valence-electron chi connectivity index (χ4n) is 1.48. The molecule has 2 heterocycles. The van der Waals surface area contributed by atoms with Crippen LogP contribution in [0.25, 0.3) is 11.2 Å². The van der Waals surface area contributed by atoms with Gasteiger partial charge in [0, 0.05) is 0 Å². The van der Waals surface area contributed by atoms with Crippen molar-refractivity contribution in [3.05, 3.63) is 12.7 Å². The Kier molecular flexibility index (Phi) is 3.26. The first-order valence-corrected chi connectivity index (χ1v) is 5.70. The number of imide groups is 1. The van der Waals surface area contributed by atoms with E-state index in [1.165, 1.54) is 6.33 Å². The van der Waals surface area contributed by atoms with Crippen molar-refractivity contribution in [1.82, 2.24) is 19.9 Å². The predicted molar refractivity (Wildman–Crippen MR) is 68.4 cm³/mol. The lowest BCUT2D eigenvalue weighted by atomic mass is 10.2. The normalized spacial score (nSPS) is 11.3. The van der Waals surface area contributed by atoms with Crippen molar-refractivity contribution >= 4 is 29.2 Å². The number of aromatic amines is 1. The number of ether oxygens (including phenoxy) is 1. The van der Waals surface area contributed by atoms with Gasteiger partial charge in [0.1, 0.15) is 17.4 Å². The zero-order chi connectivity index (χ0) is 14.9. The number of fused-ring (bicyclic) bond motifs is 1. The average Bonchev–Trinajstić information content (AvgIpc) is 2.74. The average molecular weight is 279 g/mol. The zero-order valence-electron chi connectivity index (χ0n) is 11.1. The first-order valence-electron chi connectivity index (χ1n) is 5.70. The Morgan fingerprint density at radius 1 is 1.30 bits per heavy atom. The van der Waals surface area contributed by atoms with Gasteiger partial charge in [0.15, 0.2) is 11.5 Å². The molecule has 2 N–H and O–H groups in total. The molecule has 0 bridgehead atoms. The van der Waals surface area contributed by atoms with E-state index in [0.717, 1.165) is 6.33 Å². The topological polar surface area (TPSA) is 121 Å². The molecule has 9 nitrogen and oxygen atoms in total. The van der Waals surface area contributed by atoms with Crippen molar-refractivity contribution in [2.45, 2.75) is 26.4 Å². The second kappa shape index (κ2) is 4.76. The van der Waals surface area contributed by atoms with Crippen LogP contribution in [-0.4, -0.2) is 42.8 Å². The number of nitrogens with one attached hydrogen (secondary N) is 1. The van der Waals surface area contributed by atoms with E-state index in [1.807, 2.05) is 0 Å². The number of H-pyrrole nitrogens is 1. The highest BCUT2D eigenvalue weighted by atomic mass is 16.6. The van der Waals surface area contributed by atoms with E-state index in [2.05, 4.69) is 19.9 Å². The van der Waals surface area contributed by atoms with Crippen LogP contribution in [0, 0.1) is 0 Å². The molecule has 0 saturated heterocycles. The van der Waals surface area contributed by atoms with Gasteiger partial charge in [0.25, 0.3) is 0 Å². The molecule has 2 amide bonds. The molecule has 0 saturated carbocycles. The SMILES string of the molecule is CC(C)(C)OC(=O)N(C(=O)O)c1ncnc2nc[nH]c12. The minimum Gasteiger partial charge on any atom is -0.464 e. The number of carboxylic acid groups (broad SMARTS) is 1. The fourth-order valence-corrected chi connectivity index (χ4v) is 1.48. The number of carbonyl (C=O) groups is 2. The first-order chi connectivity index (χ1) is 9.29. The van der Waals surface area contributed by atoms with Gasteiger partial charge in [0.05, 0.1) is 6.33 Å². The smallest absolute Gasteiger partial charge is 0.425 e. The van der Waals surface area contributed by atoms with Crippen LogP contribution < -0.4 is 4.90 Å². The van der Waals surface area contributed by atoms with Crippen LogP contribution >= 0.6 is 0 Å². The van der Waals surface area contributed by atoms with Crippen molar-refractivity contribution in [3.8, 4) is 0 Å².